The second-order valence-corrected chi connectivity index (χ2v) is 6.14. The molecular weight excluding hydrogens is 364 g/mol. The van der Waals surface area contributed by atoms with Crippen LogP contribution in [0.3, 0.4) is 0 Å². The Labute approximate surface area is 162 Å². The van der Waals surface area contributed by atoms with Gasteiger partial charge in [0.2, 0.25) is 5.82 Å². The molecule has 28 heavy (non-hydrogen) atoms. The number of carbonyl (C=O) groups excluding carboxylic acids is 1. The summed E-state index contributed by atoms with van der Waals surface area (Å²) in [4.78, 5) is 16.2. The molecule has 0 unspecified atom stereocenters. The van der Waals surface area contributed by atoms with E-state index in [2.05, 4.69) is 15.2 Å². The van der Waals surface area contributed by atoms with E-state index in [1.165, 1.54) is 0 Å². The largest absolute Gasteiger partial charge is 0.497 e. The molecule has 0 radical (unpaired) electrons. The Balaban J connectivity index is 1.57. The molecule has 0 spiro atoms. The second-order valence-electron chi connectivity index (χ2n) is 6.14. The molecule has 0 N–H and O–H groups in total. The van der Waals surface area contributed by atoms with Gasteiger partial charge < -0.3 is 18.7 Å². The fraction of sp³-hybridized carbons (Fsp3) is 0.368. The predicted molar refractivity (Wildman–Crippen MR) is 99.0 cm³/mol. The van der Waals surface area contributed by atoms with E-state index in [9.17, 15) is 4.79 Å². The molecule has 0 fully saturated rings. The molecule has 2 aromatic heterocycles. The first-order valence-corrected chi connectivity index (χ1v) is 8.72. The lowest BCUT2D eigenvalue weighted by atomic mass is 10.2. The molecule has 0 aliphatic heterocycles. The third-order valence-electron chi connectivity index (χ3n) is 4.11. The smallest absolute Gasteiger partial charge is 0.308 e. The zero-order valence-corrected chi connectivity index (χ0v) is 16.3. The number of benzene rings is 1. The SMILES string of the molecule is COc1ccc(-c2noc(COC(=O)CCn3nc(C)cc3C)n2)c(OC)c1. The second kappa shape index (κ2) is 8.55. The van der Waals surface area contributed by atoms with E-state index in [1.807, 2.05) is 19.9 Å². The Kier molecular flexibility index (Phi) is 5.93. The highest BCUT2D eigenvalue weighted by molar-refractivity contribution is 5.69. The number of nitrogens with zero attached hydrogens (tertiary/aromatic N) is 4. The highest BCUT2D eigenvalue weighted by Crippen LogP contribution is 2.31. The number of hydrogen-bond donors (Lipinski definition) is 0. The van der Waals surface area contributed by atoms with Gasteiger partial charge in [0.1, 0.15) is 11.5 Å². The summed E-state index contributed by atoms with van der Waals surface area (Å²) in [5.41, 5.74) is 2.56. The average Bonchev–Trinajstić information content (AvgIpc) is 3.29. The molecule has 148 valence electrons. The lowest BCUT2D eigenvalue weighted by Crippen LogP contribution is -2.11. The molecule has 3 aromatic rings. The van der Waals surface area contributed by atoms with Crippen molar-refractivity contribution in [1.29, 1.82) is 0 Å². The third-order valence-corrected chi connectivity index (χ3v) is 4.11. The summed E-state index contributed by atoms with van der Waals surface area (Å²) in [7, 11) is 3.12. The summed E-state index contributed by atoms with van der Waals surface area (Å²) in [5.74, 6) is 1.38. The summed E-state index contributed by atoms with van der Waals surface area (Å²) in [5, 5.41) is 8.24. The summed E-state index contributed by atoms with van der Waals surface area (Å²) in [6, 6.07) is 7.22. The highest BCUT2D eigenvalue weighted by Gasteiger charge is 2.15. The third kappa shape index (κ3) is 4.48. The van der Waals surface area contributed by atoms with Crippen molar-refractivity contribution in [3.63, 3.8) is 0 Å². The molecule has 2 heterocycles. The lowest BCUT2D eigenvalue weighted by Gasteiger charge is -2.07. The van der Waals surface area contributed by atoms with Crippen molar-refractivity contribution >= 4 is 5.97 Å². The first kappa shape index (κ1) is 19.4. The Bertz CT molecular complexity index is 963. The van der Waals surface area contributed by atoms with E-state index < -0.39 is 0 Å². The maximum atomic E-state index is 12.0. The molecule has 3 rings (SSSR count). The number of carbonyl (C=O) groups is 1. The minimum Gasteiger partial charge on any atom is -0.497 e. The van der Waals surface area contributed by atoms with E-state index in [1.54, 1.807) is 37.1 Å². The number of aromatic nitrogens is 4. The maximum absolute atomic E-state index is 12.0. The summed E-state index contributed by atoms with van der Waals surface area (Å²) in [6.07, 6.45) is 0.204. The van der Waals surface area contributed by atoms with Crippen molar-refractivity contribution in [2.45, 2.75) is 33.4 Å². The van der Waals surface area contributed by atoms with Crippen LogP contribution in [0.15, 0.2) is 28.8 Å². The molecule has 0 aliphatic rings. The summed E-state index contributed by atoms with van der Waals surface area (Å²) >= 11 is 0. The van der Waals surface area contributed by atoms with Gasteiger partial charge in [0.15, 0.2) is 6.61 Å². The van der Waals surface area contributed by atoms with E-state index in [4.69, 9.17) is 18.7 Å². The van der Waals surface area contributed by atoms with Gasteiger partial charge in [0, 0.05) is 11.8 Å². The number of rotatable bonds is 8. The minimum atomic E-state index is -0.366. The zero-order chi connectivity index (χ0) is 20.1. The predicted octanol–water partition coefficient (Wildman–Crippen LogP) is 2.70. The van der Waals surface area contributed by atoms with Crippen LogP contribution in [0.5, 0.6) is 11.5 Å². The fourth-order valence-electron chi connectivity index (χ4n) is 2.72. The maximum Gasteiger partial charge on any atom is 0.308 e. The summed E-state index contributed by atoms with van der Waals surface area (Å²) < 4.78 is 22.7. The molecule has 9 heteroatoms. The molecule has 1 aromatic carbocycles. The van der Waals surface area contributed by atoms with Gasteiger partial charge in [-0.25, -0.2) is 0 Å². The van der Waals surface area contributed by atoms with Crippen molar-refractivity contribution in [3.05, 3.63) is 41.5 Å². The van der Waals surface area contributed by atoms with Crippen LogP contribution < -0.4 is 9.47 Å². The van der Waals surface area contributed by atoms with Gasteiger partial charge in [-0.05, 0) is 32.0 Å². The van der Waals surface area contributed by atoms with Crippen molar-refractivity contribution in [1.82, 2.24) is 19.9 Å². The average molecular weight is 386 g/mol. The monoisotopic (exact) mass is 386 g/mol. The molecular formula is C19H22N4O5. The van der Waals surface area contributed by atoms with Crippen LogP contribution in [0, 0.1) is 13.8 Å². The van der Waals surface area contributed by atoms with Crippen LogP contribution >= 0.6 is 0 Å². The number of hydrogen-bond acceptors (Lipinski definition) is 8. The molecule has 0 bridgehead atoms. The van der Waals surface area contributed by atoms with E-state index >= 15 is 0 Å². The van der Waals surface area contributed by atoms with Gasteiger partial charge in [0.05, 0.1) is 38.4 Å². The van der Waals surface area contributed by atoms with Gasteiger partial charge in [-0.2, -0.15) is 10.1 Å². The molecule has 0 saturated heterocycles. The van der Waals surface area contributed by atoms with Crippen molar-refractivity contribution < 1.29 is 23.5 Å². The molecule has 9 nitrogen and oxygen atoms in total. The van der Waals surface area contributed by atoms with Gasteiger partial charge >= 0.3 is 5.97 Å². The Hall–Kier alpha value is -3.36. The normalized spacial score (nSPS) is 10.7. The van der Waals surface area contributed by atoms with Crippen LogP contribution in [-0.4, -0.2) is 40.1 Å². The first-order chi connectivity index (χ1) is 13.5. The minimum absolute atomic E-state index is 0.0958. The Morgan fingerprint density at radius 2 is 2.00 bits per heavy atom. The molecule has 0 saturated carbocycles. The van der Waals surface area contributed by atoms with Crippen LogP contribution in [0.25, 0.3) is 11.4 Å². The summed E-state index contributed by atoms with van der Waals surface area (Å²) in [6.45, 7) is 4.21. The topological polar surface area (TPSA) is 102 Å². The van der Waals surface area contributed by atoms with Crippen LogP contribution in [0.1, 0.15) is 23.7 Å². The van der Waals surface area contributed by atoms with E-state index in [0.717, 1.165) is 11.4 Å². The quantitative estimate of drug-likeness (QED) is 0.545. The Morgan fingerprint density at radius 1 is 1.18 bits per heavy atom. The van der Waals surface area contributed by atoms with E-state index in [0.29, 0.717) is 29.4 Å². The number of aryl methyl sites for hydroxylation is 3. The number of esters is 1. The van der Waals surface area contributed by atoms with Crippen LogP contribution in [-0.2, 0) is 22.7 Å². The Morgan fingerprint density at radius 3 is 2.68 bits per heavy atom. The molecule has 0 aliphatic carbocycles. The standard InChI is InChI=1S/C19H22N4O5/c1-12-9-13(2)23(21-12)8-7-18(24)27-11-17-20-19(22-28-17)15-6-5-14(25-3)10-16(15)26-4/h5-6,9-10H,7-8,11H2,1-4H3. The molecule has 0 amide bonds. The first-order valence-electron chi connectivity index (χ1n) is 8.72. The zero-order valence-electron chi connectivity index (χ0n) is 16.3. The highest BCUT2D eigenvalue weighted by atomic mass is 16.6. The van der Waals surface area contributed by atoms with Gasteiger partial charge in [-0.15, -0.1) is 0 Å². The van der Waals surface area contributed by atoms with Gasteiger partial charge in [-0.3, -0.25) is 9.48 Å². The number of methoxy groups -OCH3 is 2. The molecule has 0 atom stereocenters. The van der Waals surface area contributed by atoms with Crippen LogP contribution in [0.2, 0.25) is 0 Å². The van der Waals surface area contributed by atoms with Crippen LogP contribution in [0.4, 0.5) is 0 Å². The fourth-order valence-corrected chi connectivity index (χ4v) is 2.72. The van der Waals surface area contributed by atoms with Crippen molar-refractivity contribution in [3.8, 4) is 22.9 Å². The van der Waals surface area contributed by atoms with Gasteiger partial charge in [-0.1, -0.05) is 5.16 Å². The van der Waals surface area contributed by atoms with Gasteiger partial charge in [0.25, 0.3) is 5.89 Å². The van der Waals surface area contributed by atoms with Crippen molar-refractivity contribution in [2.24, 2.45) is 0 Å². The lowest BCUT2D eigenvalue weighted by molar-refractivity contribution is -0.146. The van der Waals surface area contributed by atoms with E-state index in [-0.39, 0.29) is 24.9 Å². The number of ether oxygens (including phenoxy) is 3. The van der Waals surface area contributed by atoms with Crippen molar-refractivity contribution in [2.75, 3.05) is 14.2 Å².